The van der Waals surface area contributed by atoms with Crippen LogP contribution in [0.3, 0.4) is 0 Å². The molecule has 0 amide bonds. The van der Waals surface area contributed by atoms with E-state index in [2.05, 4.69) is 20.8 Å². The molecule has 1 N–H and O–H groups in total. The van der Waals surface area contributed by atoms with E-state index in [0.717, 1.165) is 19.3 Å². The Morgan fingerprint density at radius 2 is 1.73 bits per heavy atom. The number of carboxylic acids is 1. The smallest absolute Gasteiger partial charge is 0.306 e. The van der Waals surface area contributed by atoms with Gasteiger partial charge in [-0.25, -0.2) is 0 Å². The molecule has 4 saturated carbocycles. The minimum absolute atomic E-state index is 0.0112. The maximum absolute atomic E-state index is 13.9. The van der Waals surface area contributed by atoms with Gasteiger partial charge in [0, 0.05) is 30.6 Å². The summed E-state index contributed by atoms with van der Waals surface area (Å²) in [5, 5.41) is 8.81. The lowest BCUT2D eigenvalue weighted by molar-refractivity contribution is -0.173. The number of ketones is 2. The third-order valence-corrected chi connectivity index (χ3v) is 10.9. The molecule has 206 valence electrons. The number of ether oxygens (including phenoxy) is 2. The number of carboxylic acid groups (broad SMARTS) is 1. The Labute approximate surface area is 219 Å². The van der Waals surface area contributed by atoms with E-state index in [4.69, 9.17) is 14.6 Å². The molecule has 9 atom stereocenters. The zero-order valence-electron chi connectivity index (χ0n) is 22.6. The second-order valence-electron chi connectivity index (χ2n) is 12.6. The highest BCUT2D eigenvalue weighted by atomic mass is 16.5. The quantitative estimate of drug-likeness (QED) is 0.470. The van der Waals surface area contributed by atoms with Crippen LogP contribution in [0.25, 0.3) is 0 Å². The average molecular weight is 519 g/mol. The summed E-state index contributed by atoms with van der Waals surface area (Å²) in [5.41, 5.74) is -0.694. The predicted molar refractivity (Wildman–Crippen MR) is 133 cm³/mol. The molecule has 0 aromatic carbocycles. The molecule has 4 rings (SSSR count). The van der Waals surface area contributed by atoms with Gasteiger partial charge in [0.25, 0.3) is 0 Å². The van der Waals surface area contributed by atoms with E-state index in [1.165, 1.54) is 7.11 Å². The Balaban J connectivity index is 1.48. The highest BCUT2D eigenvalue weighted by molar-refractivity contribution is 5.92. The molecule has 0 unspecified atom stereocenters. The maximum atomic E-state index is 13.9. The van der Waals surface area contributed by atoms with Gasteiger partial charge in [-0.3, -0.25) is 24.0 Å². The first-order valence-corrected chi connectivity index (χ1v) is 14.0. The first kappa shape index (κ1) is 27.8. The Kier molecular flexibility index (Phi) is 7.87. The van der Waals surface area contributed by atoms with Crippen molar-refractivity contribution in [1.82, 2.24) is 0 Å². The standard InChI is InChI=1S/C29H42O8/c1-16(5-9-25(34)36-4)19-6-7-20-27-21(15-23(31)29(19,20)3)28(2)12-11-18(13-17(28)14-22(27)30)37-26(35)10-8-24(32)33/h16-21,27H,5-15H2,1-4H3,(H,32,33)/t16-,17+,18-,19-,20+,21-,27+,28+,29-/m1/s1. The SMILES string of the molecule is COC(=O)CC[C@@H](C)[C@H]1CC[C@H]2[C@@H]3C(=O)C[C@@H]4C[C@H](OC(=O)CCC(=O)O)CC[C@]4(C)[C@@H]3CC(=O)[C@]12C. The second-order valence-corrected chi connectivity index (χ2v) is 12.6. The fraction of sp³-hybridized carbons (Fsp3) is 0.828. The van der Waals surface area contributed by atoms with Crippen LogP contribution in [0.2, 0.25) is 0 Å². The van der Waals surface area contributed by atoms with Crippen molar-refractivity contribution in [2.75, 3.05) is 7.11 Å². The highest BCUT2D eigenvalue weighted by Gasteiger charge is 2.66. The Hall–Kier alpha value is -2.25. The largest absolute Gasteiger partial charge is 0.481 e. The summed E-state index contributed by atoms with van der Waals surface area (Å²) < 4.78 is 10.4. The molecule has 0 bridgehead atoms. The van der Waals surface area contributed by atoms with Crippen molar-refractivity contribution in [3.05, 3.63) is 0 Å². The molecule has 8 heteroatoms. The Morgan fingerprint density at radius 1 is 1.00 bits per heavy atom. The molecule has 0 aromatic heterocycles. The summed E-state index contributed by atoms with van der Waals surface area (Å²) in [6.45, 7) is 6.43. The fourth-order valence-corrected chi connectivity index (χ4v) is 8.77. The normalized spacial score (nSPS) is 39.7. The number of aliphatic carboxylic acids is 1. The fourth-order valence-electron chi connectivity index (χ4n) is 8.77. The van der Waals surface area contributed by atoms with Gasteiger partial charge in [-0.05, 0) is 73.5 Å². The third kappa shape index (κ3) is 4.97. The summed E-state index contributed by atoms with van der Waals surface area (Å²) in [4.78, 5) is 62.2. The average Bonchev–Trinajstić information content (AvgIpc) is 3.21. The molecule has 4 fully saturated rings. The van der Waals surface area contributed by atoms with Gasteiger partial charge in [0.1, 0.15) is 17.7 Å². The number of Topliss-reactive ketones (excluding diaryl/α,β-unsaturated/α-hetero) is 2. The van der Waals surface area contributed by atoms with Gasteiger partial charge in [0.2, 0.25) is 0 Å². The highest BCUT2D eigenvalue weighted by Crippen LogP contribution is 2.66. The van der Waals surface area contributed by atoms with E-state index in [1.807, 2.05) is 0 Å². The number of methoxy groups -OCH3 is 1. The molecule has 0 radical (unpaired) electrons. The topological polar surface area (TPSA) is 124 Å². The number of esters is 2. The van der Waals surface area contributed by atoms with Crippen LogP contribution in [0.15, 0.2) is 0 Å². The van der Waals surface area contributed by atoms with Crippen molar-refractivity contribution in [1.29, 1.82) is 0 Å². The lowest BCUT2D eigenvalue weighted by Crippen LogP contribution is -2.60. The number of rotatable bonds is 8. The van der Waals surface area contributed by atoms with Gasteiger partial charge in [0.05, 0.1) is 20.0 Å². The molecule has 4 aliphatic carbocycles. The van der Waals surface area contributed by atoms with Crippen LogP contribution in [-0.2, 0) is 33.4 Å². The Bertz CT molecular complexity index is 958. The molecule has 0 aliphatic heterocycles. The molecule has 8 nitrogen and oxygen atoms in total. The zero-order chi connectivity index (χ0) is 27.1. The van der Waals surface area contributed by atoms with Crippen molar-refractivity contribution < 1.29 is 38.6 Å². The lowest BCUT2D eigenvalue weighted by Gasteiger charge is -2.59. The molecule has 0 spiro atoms. The van der Waals surface area contributed by atoms with Crippen LogP contribution in [0.1, 0.15) is 91.4 Å². The molecule has 4 aliphatic rings. The van der Waals surface area contributed by atoms with Crippen molar-refractivity contribution in [2.45, 2.75) is 97.5 Å². The lowest BCUT2D eigenvalue weighted by atomic mass is 9.43. The molecule has 0 saturated heterocycles. The first-order valence-electron chi connectivity index (χ1n) is 14.0. The summed E-state index contributed by atoms with van der Waals surface area (Å²) >= 11 is 0. The van der Waals surface area contributed by atoms with E-state index in [0.29, 0.717) is 38.5 Å². The van der Waals surface area contributed by atoms with Gasteiger partial charge in [0.15, 0.2) is 0 Å². The van der Waals surface area contributed by atoms with Crippen molar-refractivity contribution in [3.8, 4) is 0 Å². The maximum Gasteiger partial charge on any atom is 0.306 e. The number of hydrogen-bond acceptors (Lipinski definition) is 7. The van der Waals surface area contributed by atoms with Crippen LogP contribution in [0.4, 0.5) is 0 Å². The minimum Gasteiger partial charge on any atom is -0.481 e. The van der Waals surface area contributed by atoms with E-state index in [-0.39, 0.29) is 77.4 Å². The molecule has 0 aromatic rings. The van der Waals surface area contributed by atoms with Gasteiger partial charge < -0.3 is 14.6 Å². The monoisotopic (exact) mass is 518 g/mol. The minimum atomic E-state index is -1.03. The van der Waals surface area contributed by atoms with Crippen molar-refractivity contribution >= 4 is 29.5 Å². The predicted octanol–water partition coefficient (Wildman–Crippen LogP) is 4.37. The van der Waals surface area contributed by atoms with Crippen molar-refractivity contribution in [2.24, 2.45) is 46.3 Å². The molecular weight excluding hydrogens is 476 g/mol. The van der Waals surface area contributed by atoms with E-state index < -0.39 is 17.4 Å². The summed E-state index contributed by atoms with van der Waals surface area (Å²) in [6, 6.07) is 0. The second kappa shape index (κ2) is 10.5. The van der Waals surface area contributed by atoms with Crippen LogP contribution in [-0.4, -0.2) is 47.8 Å². The van der Waals surface area contributed by atoms with E-state index >= 15 is 0 Å². The zero-order valence-corrected chi connectivity index (χ0v) is 22.6. The summed E-state index contributed by atoms with van der Waals surface area (Å²) in [6.07, 6.45) is 5.01. The summed E-state index contributed by atoms with van der Waals surface area (Å²) in [5.74, 6) is -0.893. The summed E-state index contributed by atoms with van der Waals surface area (Å²) in [7, 11) is 1.39. The molecular formula is C29H42O8. The number of hydrogen-bond donors (Lipinski definition) is 1. The molecule has 37 heavy (non-hydrogen) atoms. The van der Waals surface area contributed by atoms with Gasteiger partial charge in [-0.2, -0.15) is 0 Å². The van der Waals surface area contributed by atoms with Crippen LogP contribution >= 0.6 is 0 Å². The van der Waals surface area contributed by atoms with Gasteiger partial charge in [-0.15, -0.1) is 0 Å². The number of carbonyl (C=O) groups is 5. The van der Waals surface area contributed by atoms with E-state index in [1.54, 1.807) is 0 Å². The van der Waals surface area contributed by atoms with Crippen LogP contribution in [0, 0.1) is 46.3 Å². The van der Waals surface area contributed by atoms with Crippen LogP contribution in [0.5, 0.6) is 0 Å². The third-order valence-electron chi connectivity index (χ3n) is 10.9. The Morgan fingerprint density at radius 3 is 2.41 bits per heavy atom. The van der Waals surface area contributed by atoms with E-state index in [9.17, 15) is 24.0 Å². The number of carbonyl (C=O) groups excluding carboxylic acids is 4. The molecule has 0 heterocycles. The first-order chi connectivity index (χ1) is 17.4. The number of fused-ring (bicyclic) bond motifs is 5. The van der Waals surface area contributed by atoms with Gasteiger partial charge in [-0.1, -0.05) is 20.8 Å². The van der Waals surface area contributed by atoms with Crippen LogP contribution < -0.4 is 0 Å². The van der Waals surface area contributed by atoms with Crippen molar-refractivity contribution in [3.63, 3.8) is 0 Å². The van der Waals surface area contributed by atoms with Gasteiger partial charge >= 0.3 is 17.9 Å².